The molecule has 17 heavy (non-hydrogen) atoms. The van der Waals surface area contributed by atoms with E-state index >= 15 is 0 Å². The van der Waals surface area contributed by atoms with Crippen LogP contribution in [0.3, 0.4) is 0 Å². The lowest BCUT2D eigenvalue weighted by atomic mass is 10.1. The van der Waals surface area contributed by atoms with Crippen molar-refractivity contribution in [2.24, 2.45) is 0 Å². The first-order valence-corrected chi connectivity index (χ1v) is 7.03. The predicted molar refractivity (Wildman–Crippen MR) is 70.0 cm³/mol. The Bertz CT molecular complexity index is 498. The quantitative estimate of drug-likeness (QED) is 0.807. The number of aryl methyl sites for hydroxylation is 1. The topological polar surface area (TPSA) is 46.2 Å². The highest BCUT2D eigenvalue weighted by Gasteiger charge is 2.21. The van der Waals surface area contributed by atoms with Gasteiger partial charge in [-0.05, 0) is 25.8 Å². The third-order valence-electron chi connectivity index (χ3n) is 2.27. The van der Waals surface area contributed by atoms with Crippen LogP contribution in [0.15, 0.2) is 30.3 Å². The summed E-state index contributed by atoms with van der Waals surface area (Å²) in [5.41, 5.74) is 0.159. The second-order valence-electron chi connectivity index (χ2n) is 4.43. The van der Waals surface area contributed by atoms with Crippen LogP contribution < -0.4 is 4.72 Å². The zero-order valence-corrected chi connectivity index (χ0v) is 10.9. The number of benzene rings is 1. The molecule has 0 aliphatic heterocycles. The Morgan fingerprint density at radius 1 is 1.29 bits per heavy atom. The molecule has 0 saturated heterocycles. The van der Waals surface area contributed by atoms with Crippen LogP contribution in [0.2, 0.25) is 0 Å². The Labute approximate surface area is 103 Å². The van der Waals surface area contributed by atoms with Gasteiger partial charge in [-0.2, -0.15) is 4.72 Å². The molecular formula is C13H17NO2S. The summed E-state index contributed by atoms with van der Waals surface area (Å²) in [6.45, 7) is 3.32. The van der Waals surface area contributed by atoms with Crippen molar-refractivity contribution in [3.05, 3.63) is 35.9 Å². The molecule has 0 aliphatic rings. The summed E-state index contributed by atoms with van der Waals surface area (Å²) in [6, 6.07) is 9.49. The van der Waals surface area contributed by atoms with Crippen LogP contribution in [0.4, 0.5) is 0 Å². The van der Waals surface area contributed by atoms with Crippen LogP contribution in [0.1, 0.15) is 19.4 Å². The molecule has 0 radical (unpaired) electrons. The van der Waals surface area contributed by atoms with Gasteiger partial charge in [0, 0.05) is 0 Å². The number of sulfonamides is 1. The van der Waals surface area contributed by atoms with Crippen molar-refractivity contribution in [2.75, 3.05) is 5.75 Å². The molecule has 0 saturated carbocycles. The molecule has 0 aromatic heterocycles. The van der Waals surface area contributed by atoms with Gasteiger partial charge in [0.15, 0.2) is 0 Å². The van der Waals surface area contributed by atoms with E-state index in [4.69, 9.17) is 6.42 Å². The average Bonchev–Trinajstić information content (AvgIpc) is 2.27. The Morgan fingerprint density at radius 2 is 1.88 bits per heavy atom. The zero-order chi connectivity index (χ0) is 12.9. The van der Waals surface area contributed by atoms with Crippen LogP contribution in [0, 0.1) is 12.3 Å². The van der Waals surface area contributed by atoms with Gasteiger partial charge in [0.05, 0.1) is 11.3 Å². The van der Waals surface area contributed by atoms with E-state index in [0.29, 0.717) is 6.42 Å². The number of hydrogen-bond donors (Lipinski definition) is 1. The second kappa shape index (κ2) is 5.35. The summed E-state index contributed by atoms with van der Waals surface area (Å²) in [5.74, 6) is 2.45. The van der Waals surface area contributed by atoms with Gasteiger partial charge in [0.1, 0.15) is 0 Å². The summed E-state index contributed by atoms with van der Waals surface area (Å²) in [7, 11) is -3.34. The van der Waals surface area contributed by atoms with Crippen molar-refractivity contribution in [2.45, 2.75) is 25.8 Å². The van der Waals surface area contributed by atoms with E-state index in [1.807, 2.05) is 30.3 Å². The number of nitrogens with one attached hydrogen (secondary N) is 1. The molecule has 0 atom stereocenters. The first-order valence-electron chi connectivity index (χ1n) is 5.38. The van der Waals surface area contributed by atoms with Crippen molar-refractivity contribution in [1.29, 1.82) is 0 Å². The van der Waals surface area contributed by atoms with E-state index in [2.05, 4.69) is 10.6 Å². The summed E-state index contributed by atoms with van der Waals surface area (Å²) in [5, 5.41) is 0. The molecule has 1 aromatic carbocycles. The highest BCUT2D eigenvalue weighted by atomic mass is 32.2. The molecule has 0 heterocycles. The molecule has 4 heteroatoms. The summed E-state index contributed by atoms with van der Waals surface area (Å²) in [4.78, 5) is 0. The van der Waals surface area contributed by atoms with E-state index in [-0.39, 0.29) is 5.75 Å². The monoisotopic (exact) mass is 251 g/mol. The van der Waals surface area contributed by atoms with Gasteiger partial charge in [0.25, 0.3) is 0 Å². The Morgan fingerprint density at radius 3 is 2.41 bits per heavy atom. The maximum absolute atomic E-state index is 11.8. The van der Waals surface area contributed by atoms with Crippen LogP contribution in [-0.4, -0.2) is 19.7 Å². The Hall–Kier alpha value is -1.31. The minimum atomic E-state index is -3.34. The number of terminal acetylenes is 1. The van der Waals surface area contributed by atoms with Gasteiger partial charge in [-0.25, -0.2) is 8.42 Å². The fourth-order valence-electron chi connectivity index (χ4n) is 1.37. The van der Waals surface area contributed by atoms with Crippen LogP contribution in [0.25, 0.3) is 0 Å². The SMILES string of the molecule is C#CC(C)(C)NS(=O)(=O)CCc1ccccc1. The summed E-state index contributed by atoms with van der Waals surface area (Å²) < 4.78 is 26.0. The van der Waals surface area contributed by atoms with Crippen molar-refractivity contribution >= 4 is 10.0 Å². The molecule has 0 spiro atoms. The van der Waals surface area contributed by atoms with Gasteiger partial charge >= 0.3 is 0 Å². The van der Waals surface area contributed by atoms with Crippen LogP contribution in [-0.2, 0) is 16.4 Å². The smallest absolute Gasteiger partial charge is 0.212 e. The van der Waals surface area contributed by atoms with E-state index in [1.165, 1.54) is 0 Å². The van der Waals surface area contributed by atoms with Crippen molar-refractivity contribution in [3.63, 3.8) is 0 Å². The van der Waals surface area contributed by atoms with Crippen molar-refractivity contribution in [3.8, 4) is 12.3 Å². The molecule has 0 unspecified atom stereocenters. The number of rotatable bonds is 5. The van der Waals surface area contributed by atoms with Crippen LogP contribution >= 0.6 is 0 Å². The second-order valence-corrected chi connectivity index (χ2v) is 6.27. The summed E-state index contributed by atoms with van der Waals surface area (Å²) in [6.07, 6.45) is 5.73. The Balaban J connectivity index is 2.61. The minimum absolute atomic E-state index is 0.0438. The van der Waals surface area contributed by atoms with Gasteiger partial charge in [-0.15, -0.1) is 6.42 Å². The van der Waals surface area contributed by atoms with Gasteiger partial charge < -0.3 is 0 Å². The van der Waals surface area contributed by atoms with Crippen molar-refractivity contribution in [1.82, 2.24) is 4.72 Å². The first-order chi connectivity index (χ1) is 7.85. The molecule has 3 nitrogen and oxygen atoms in total. The lowest BCUT2D eigenvalue weighted by Crippen LogP contribution is -2.43. The fraction of sp³-hybridized carbons (Fsp3) is 0.385. The molecule has 1 aromatic rings. The van der Waals surface area contributed by atoms with Gasteiger partial charge in [-0.1, -0.05) is 36.3 Å². The number of hydrogen-bond acceptors (Lipinski definition) is 2. The first kappa shape index (κ1) is 13.8. The average molecular weight is 251 g/mol. The molecule has 0 amide bonds. The van der Waals surface area contributed by atoms with E-state index < -0.39 is 15.6 Å². The standard InChI is InChI=1S/C13H17NO2S/c1-4-13(2,3)14-17(15,16)11-10-12-8-6-5-7-9-12/h1,5-9,14H,10-11H2,2-3H3. The predicted octanol–water partition coefficient (Wildman–Crippen LogP) is 1.56. The largest absolute Gasteiger partial charge is 0.213 e. The van der Waals surface area contributed by atoms with Crippen molar-refractivity contribution < 1.29 is 8.42 Å². The molecule has 92 valence electrons. The molecule has 0 aliphatic carbocycles. The van der Waals surface area contributed by atoms with Crippen LogP contribution in [0.5, 0.6) is 0 Å². The fourth-order valence-corrected chi connectivity index (χ4v) is 2.81. The van der Waals surface area contributed by atoms with Gasteiger partial charge in [0.2, 0.25) is 10.0 Å². The maximum Gasteiger partial charge on any atom is 0.213 e. The lowest BCUT2D eigenvalue weighted by Gasteiger charge is -2.19. The zero-order valence-electron chi connectivity index (χ0n) is 10.1. The molecule has 0 fully saturated rings. The summed E-state index contributed by atoms with van der Waals surface area (Å²) >= 11 is 0. The normalized spacial score (nSPS) is 12.1. The highest BCUT2D eigenvalue weighted by Crippen LogP contribution is 2.05. The maximum atomic E-state index is 11.8. The highest BCUT2D eigenvalue weighted by molar-refractivity contribution is 7.89. The molecule has 0 bridgehead atoms. The van der Waals surface area contributed by atoms with E-state index in [9.17, 15) is 8.42 Å². The van der Waals surface area contributed by atoms with E-state index in [0.717, 1.165) is 5.56 Å². The molecule has 1 N–H and O–H groups in total. The minimum Gasteiger partial charge on any atom is -0.212 e. The van der Waals surface area contributed by atoms with E-state index in [1.54, 1.807) is 13.8 Å². The third-order valence-corrected chi connectivity index (χ3v) is 3.84. The third kappa shape index (κ3) is 5.03. The molecule has 1 rings (SSSR count). The van der Waals surface area contributed by atoms with Gasteiger partial charge in [-0.3, -0.25) is 0 Å². The lowest BCUT2D eigenvalue weighted by molar-refractivity contribution is 0.538. The molecular weight excluding hydrogens is 234 g/mol. The Kier molecular flexibility index (Phi) is 4.33.